The fourth-order valence-electron chi connectivity index (χ4n) is 3.11. The third kappa shape index (κ3) is 3.85. The first-order valence-electron chi connectivity index (χ1n) is 9.36. The highest BCUT2D eigenvalue weighted by atomic mass is 32.2. The summed E-state index contributed by atoms with van der Waals surface area (Å²) < 4.78 is 36.8. The minimum Gasteiger partial charge on any atom is -0.486 e. The van der Waals surface area contributed by atoms with Crippen LogP contribution in [0.2, 0.25) is 0 Å². The lowest BCUT2D eigenvalue weighted by molar-refractivity contribution is 0.0745. The Morgan fingerprint density at radius 2 is 1.79 bits per heavy atom. The molecule has 1 heterocycles. The monoisotopic (exact) mass is 403 g/mol. The number of ether oxygens (including phenoxy) is 2. The number of hydrogen-bond donors (Lipinski definition) is 0. The lowest BCUT2D eigenvalue weighted by Gasteiger charge is -2.26. The van der Waals surface area contributed by atoms with Crippen molar-refractivity contribution in [1.82, 2.24) is 4.90 Å². The van der Waals surface area contributed by atoms with Gasteiger partial charge in [-0.1, -0.05) is 24.3 Å². The number of fused-ring (bicyclic) bond motifs is 1. The van der Waals surface area contributed by atoms with Gasteiger partial charge >= 0.3 is 0 Å². The van der Waals surface area contributed by atoms with Gasteiger partial charge in [-0.25, -0.2) is 8.42 Å². The van der Waals surface area contributed by atoms with Crippen LogP contribution in [0.5, 0.6) is 11.5 Å². The summed E-state index contributed by atoms with van der Waals surface area (Å²) in [5.74, 6) is 0.981. The van der Waals surface area contributed by atoms with Gasteiger partial charge in [0.25, 0.3) is 5.91 Å². The molecule has 1 amide bonds. The van der Waals surface area contributed by atoms with Gasteiger partial charge in [-0.05, 0) is 39.0 Å². The molecular weight excluding hydrogens is 378 g/mol. The summed E-state index contributed by atoms with van der Waals surface area (Å²) in [4.78, 5) is 14.9. The maximum Gasteiger partial charge on any atom is 0.255 e. The Hall–Kier alpha value is -2.54. The molecule has 3 rings (SSSR count). The minimum atomic E-state index is -3.57. The smallest absolute Gasteiger partial charge is 0.255 e. The number of carbonyl (C=O) groups excluding carboxylic acids is 1. The SMILES string of the molecule is CCN(Cc1cccc2c1OCCO2)C(=O)c1ccccc1S(=O)(=O)C(C)C. The Labute approximate surface area is 166 Å². The Bertz CT molecular complexity index is 969. The lowest BCUT2D eigenvalue weighted by Crippen LogP contribution is -2.32. The Morgan fingerprint density at radius 3 is 2.50 bits per heavy atom. The second-order valence-electron chi connectivity index (χ2n) is 6.85. The van der Waals surface area contributed by atoms with E-state index in [-0.39, 0.29) is 16.4 Å². The summed E-state index contributed by atoms with van der Waals surface area (Å²) in [7, 11) is -3.57. The molecule has 2 aromatic rings. The van der Waals surface area contributed by atoms with E-state index in [2.05, 4.69) is 0 Å². The van der Waals surface area contributed by atoms with Crippen molar-refractivity contribution in [1.29, 1.82) is 0 Å². The number of rotatable bonds is 6. The van der Waals surface area contributed by atoms with E-state index in [0.717, 1.165) is 5.56 Å². The summed E-state index contributed by atoms with van der Waals surface area (Å²) in [6.07, 6.45) is 0. The standard InChI is InChI=1S/C21H25NO5S/c1-4-22(14-16-8-7-10-18-20(16)27-13-12-26-18)21(23)17-9-5-6-11-19(17)28(24,25)15(2)3/h5-11,15H,4,12-14H2,1-3H3. The molecule has 0 atom stereocenters. The molecule has 7 heteroatoms. The summed E-state index contributed by atoms with van der Waals surface area (Å²) >= 11 is 0. The lowest BCUT2D eigenvalue weighted by atomic mass is 10.1. The first-order valence-corrected chi connectivity index (χ1v) is 10.9. The zero-order valence-electron chi connectivity index (χ0n) is 16.3. The van der Waals surface area contributed by atoms with Gasteiger partial charge in [0.15, 0.2) is 21.3 Å². The van der Waals surface area contributed by atoms with Gasteiger partial charge in [0.05, 0.1) is 15.7 Å². The van der Waals surface area contributed by atoms with E-state index >= 15 is 0 Å². The zero-order chi connectivity index (χ0) is 20.3. The van der Waals surface area contributed by atoms with Crippen LogP contribution in [0, 0.1) is 0 Å². The zero-order valence-corrected chi connectivity index (χ0v) is 17.2. The third-order valence-corrected chi connectivity index (χ3v) is 6.93. The number of nitrogens with zero attached hydrogens (tertiary/aromatic N) is 1. The van der Waals surface area contributed by atoms with Crippen LogP contribution in [0.4, 0.5) is 0 Å². The second kappa shape index (κ2) is 8.22. The number of benzene rings is 2. The van der Waals surface area contributed by atoms with Crippen LogP contribution in [0.15, 0.2) is 47.4 Å². The molecule has 150 valence electrons. The molecule has 6 nitrogen and oxygen atoms in total. The van der Waals surface area contributed by atoms with Crippen LogP contribution in [-0.4, -0.2) is 44.2 Å². The Morgan fingerprint density at radius 1 is 1.07 bits per heavy atom. The van der Waals surface area contributed by atoms with Gasteiger partial charge in [0.1, 0.15) is 13.2 Å². The van der Waals surface area contributed by atoms with Gasteiger partial charge in [-0.3, -0.25) is 4.79 Å². The van der Waals surface area contributed by atoms with Crippen LogP contribution in [0.25, 0.3) is 0 Å². The number of carbonyl (C=O) groups is 1. The number of sulfone groups is 1. The van der Waals surface area contributed by atoms with Crippen LogP contribution >= 0.6 is 0 Å². The highest BCUT2D eigenvalue weighted by molar-refractivity contribution is 7.92. The quantitative estimate of drug-likeness (QED) is 0.740. The first-order chi connectivity index (χ1) is 13.4. The van der Waals surface area contributed by atoms with E-state index in [4.69, 9.17) is 9.47 Å². The molecule has 0 saturated heterocycles. The van der Waals surface area contributed by atoms with Crippen molar-refractivity contribution >= 4 is 15.7 Å². The largest absolute Gasteiger partial charge is 0.486 e. The van der Waals surface area contributed by atoms with Gasteiger partial charge in [-0.2, -0.15) is 0 Å². The van der Waals surface area contributed by atoms with Gasteiger partial charge in [-0.15, -0.1) is 0 Å². The van der Waals surface area contributed by atoms with E-state index in [0.29, 0.717) is 37.8 Å². The molecule has 0 spiro atoms. The summed E-state index contributed by atoms with van der Waals surface area (Å²) in [5.41, 5.74) is 1.02. The average molecular weight is 404 g/mol. The molecule has 0 saturated carbocycles. The predicted molar refractivity (Wildman–Crippen MR) is 107 cm³/mol. The number of amides is 1. The topological polar surface area (TPSA) is 72.9 Å². The molecule has 0 N–H and O–H groups in total. The predicted octanol–water partition coefficient (Wildman–Crippen LogP) is 3.30. The third-order valence-electron chi connectivity index (χ3n) is 4.72. The highest BCUT2D eigenvalue weighted by Crippen LogP contribution is 2.34. The second-order valence-corrected chi connectivity index (χ2v) is 9.32. The van der Waals surface area contributed by atoms with Crippen LogP contribution < -0.4 is 9.47 Å². The molecule has 28 heavy (non-hydrogen) atoms. The highest BCUT2D eigenvalue weighted by Gasteiger charge is 2.28. The molecule has 0 aliphatic carbocycles. The molecular formula is C21H25NO5S. The van der Waals surface area contributed by atoms with Crippen molar-refractivity contribution in [3.05, 3.63) is 53.6 Å². The summed E-state index contributed by atoms with van der Waals surface area (Å²) in [6, 6.07) is 12.0. The Kier molecular flexibility index (Phi) is 5.93. The molecule has 1 aliphatic heterocycles. The molecule has 0 radical (unpaired) electrons. The van der Waals surface area contributed by atoms with Crippen molar-refractivity contribution in [2.75, 3.05) is 19.8 Å². The average Bonchev–Trinajstić information content (AvgIpc) is 2.71. The van der Waals surface area contributed by atoms with Crippen molar-refractivity contribution in [2.24, 2.45) is 0 Å². The normalized spacial score (nSPS) is 13.4. The van der Waals surface area contributed by atoms with Crippen molar-refractivity contribution in [3.63, 3.8) is 0 Å². The molecule has 2 aromatic carbocycles. The fourth-order valence-corrected chi connectivity index (χ4v) is 4.35. The van der Waals surface area contributed by atoms with E-state index < -0.39 is 15.1 Å². The van der Waals surface area contributed by atoms with Gasteiger partial charge in [0.2, 0.25) is 0 Å². The number of hydrogen-bond acceptors (Lipinski definition) is 5. The molecule has 0 aromatic heterocycles. The van der Waals surface area contributed by atoms with E-state index in [9.17, 15) is 13.2 Å². The maximum atomic E-state index is 13.2. The molecule has 1 aliphatic rings. The summed E-state index contributed by atoms with van der Waals surface area (Å²) in [6.45, 7) is 6.78. The summed E-state index contributed by atoms with van der Waals surface area (Å²) in [5, 5.41) is -0.608. The molecule has 0 bridgehead atoms. The molecule has 0 unspecified atom stereocenters. The fraction of sp³-hybridized carbons (Fsp3) is 0.381. The Balaban J connectivity index is 1.94. The maximum absolute atomic E-state index is 13.2. The molecule has 0 fully saturated rings. The van der Waals surface area contributed by atoms with Crippen molar-refractivity contribution < 1.29 is 22.7 Å². The van der Waals surface area contributed by atoms with Crippen molar-refractivity contribution in [2.45, 2.75) is 37.5 Å². The van der Waals surface area contributed by atoms with Gasteiger partial charge < -0.3 is 14.4 Å². The minimum absolute atomic E-state index is 0.0723. The van der Waals surface area contributed by atoms with E-state index in [1.807, 2.05) is 25.1 Å². The van der Waals surface area contributed by atoms with Crippen LogP contribution in [0.1, 0.15) is 36.7 Å². The van der Waals surface area contributed by atoms with E-state index in [1.165, 1.54) is 6.07 Å². The number of para-hydroxylation sites is 1. The van der Waals surface area contributed by atoms with Crippen LogP contribution in [0.3, 0.4) is 0 Å². The van der Waals surface area contributed by atoms with Crippen LogP contribution in [-0.2, 0) is 16.4 Å². The van der Waals surface area contributed by atoms with Gasteiger partial charge in [0, 0.05) is 18.7 Å². The van der Waals surface area contributed by atoms with Crippen molar-refractivity contribution in [3.8, 4) is 11.5 Å². The first kappa shape index (κ1) is 20.2. The van der Waals surface area contributed by atoms with E-state index in [1.54, 1.807) is 36.9 Å².